The lowest BCUT2D eigenvalue weighted by molar-refractivity contribution is -0.142. The summed E-state index contributed by atoms with van der Waals surface area (Å²) < 4.78 is 0. The van der Waals surface area contributed by atoms with E-state index in [1.165, 1.54) is 37.6 Å². The lowest BCUT2D eigenvalue weighted by Gasteiger charge is -2.26. The molecule has 3 aromatic rings. The Hall–Kier alpha value is -12.4. The molecular weight excluding hydrogens is 1480 g/mol. The molecule has 50 heteroatoms. The SMILES string of the molecule is N=C(N)NCCC[C@H](NC(=O)[C@H](Cc1cnc[nH]1)NC(=O)CNC(=O)[C@H](CCCNC(N)=O)NC(=O)[C@H](CCCNC(N)=O)NC(=O)[C@H](CC(=O)O)NC(=O)[C@H](CS)NC(=O)CNC(=O)[C@H](Cc1cnc[nH]1)NC(=O)CNC(=O)[C@@H](N)Cc1cnc[nH]1)C(=O)N[C@@H](CS)C(=O)NCC(=O)N[C@@H](CCC(N)=O)C(=O)O. The molecule has 10 atom stereocenters. The zero-order valence-electron chi connectivity index (χ0n) is 58.5. The number of hydrogen-bond acceptors (Lipinski definition) is 25. The minimum absolute atomic E-state index is 0.0105. The van der Waals surface area contributed by atoms with E-state index in [1.807, 2.05) is 0 Å². The molecule has 3 heterocycles. The Morgan fingerprint density at radius 3 is 1.10 bits per heavy atom. The van der Waals surface area contributed by atoms with Gasteiger partial charge in [0.05, 0.1) is 57.6 Å². The maximum atomic E-state index is 14.3. The number of urea groups is 2. The molecule has 0 unspecified atom stereocenters. The number of nitrogens with one attached hydrogen (secondary N) is 20. The van der Waals surface area contributed by atoms with Gasteiger partial charge in [-0.1, -0.05) is 0 Å². The van der Waals surface area contributed by atoms with Gasteiger partial charge in [0.2, 0.25) is 82.7 Å². The van der Waals surface area contributed by atoms with Gasteiger partial charge in [0.1, 0.15) is 54.4 Å². The first-order chi connectivity index (χ1) is 51.7. The van der Waals surface area contributed by atoms with Gasteiger partial charge < -0.3 is 139 Å². The largest absolute Gasteiger partial charge is 0.481 e. The summed E-state index contributed by atoms with van der Waals surface area (Å²) in [5.41, 5.74) is 28.0. The van der Waals surface area contributed by atoms with Crippen LogP contribution in [0.3, 0.4) is 0 Å². The molecular formula is C59H92N28O20S2. The molecule has 0 saturated carbocycles. The number of carboxylic acid groups (broad SMARTS) is 2. The fourth-order valence-corrected chi connectivity index (χ4v) is 10.1. The number of nitrogens with zero attached hydrogens (tertiary/aromatic N) is 3. The van der Waals surface area contributed by atoms with Crippen molar-refractivity contribution < 1.29 is 96.5 Å². The number of thiol groups is 2. The van der Waals surface area contributed by atoms with E-state index in [0.29, 0.717) is 11.4 Å². The number of rotatable bonds is 52. The molecule has 0 radical (unpaired) electrons. The number of aliphatic carboxylic acids is 2. The van der Waals surface area contributed by atoms with Crippen molar-refractivity contribution in [2.24, 2.45) is 28.7 Å². The van der Waals surface area contributed by atoms with Gasteiger partial charge in [-0.2, -0.15) is 25.3 Å². The molecule has 0 bridgehead atoms. The van der Waals surface area contributed by atoms with Crippen molar-refractivity contribution in [1.29, 1.82) is 5.41 Å². The van der Waals surface area contributed by atoms with Crippen molar-refractivity contribution in [3.63, 3.8) is 0 Å². The summed E-state index contributed by atoms with van der Waals surface area (Å²) in [7, 11) is 0. The van der Waals surface area contributed by atoms with E-state index in [0.717, 1.165) is 0 Å². The number of aromatic amines is 3. The lowest BCUT2D eigenvalue weighted by atomic mass is 10.1. The second-order valence-electron chi connectivity index (χ2n) is 23.8. The maximum Gasteiger partial charge on any atom is 0.326 e. The van der Waals surface area contributed by atoms with E-state index in [2.05, 4.69) is 140 Å². The first kappa shape index (κ1) is 90.8. The summed E-state index contributed by atoms with van der Waals surface area (Å²) in [5.74, 6) is -18.7. The Morgan fingerprint density at radius 2 is 0.716 bits per heavy atom. The van der Waals surface area contributed by atoms with Crippen molar-refractivity contribution in [2.75, 3.05) is 57.3 Å². The third-order valence-corrected chi connectivity index (χ3v) is 15.8. The first-order valence-corrected chi connectivity index (χ1v) is 34.5. The van der Waals surface area contributed by atoms with Crippen LogP contribution in [-0.2, 0) is 96.0 Å². The number of imidazole rings is 3. The molecule has 18 amide bonds. The number of hydrogen-bond donors (Lipinski definition) is 29. The zero-order valence-corrected chi connectivity index (χ0v) is 60.2. The van der Waals surface area contributed by atoms with Crippen LogP contribution in [0, 0.1) is 5.41 Å². The number of carbonyl (C=O) groups is 18. The molecule has 0 spiro atoms. The smallest absolute Gasteiger partial charge is 0.326 e. The molecule has 109 heavy (non-hydrogen) atoms. The van der Waals surface area contributed by atoms with Crippen LogP contribution in [0.2, 0.25) is 0 Å². The van der Waals surface area contributed by atoms with Crippen LogP contribution >= 0.6 is 25.3 Å². The monoisotopic (exact) mass is 1580 g/mol. The highest BCUT2D eigenvalue weighted by atomic mass is 32.1. The van der Waals surface area contributed by atoms with Crippen LogP contribution in [0.25, 0.3) is 0 Å². The number of aromatic nitrogens is 6. The quantitative estimate of drug-likeness (QED) is 0.0108. The minimum Gasteiger partial charge on any atom is -0.481 e. The van der Waals surface area contributed by atoms with Crippen molar-refractivity contribution in [1.82, 2.24) is 115 Å². The average molecular weight is 1580 g/mol. The number of carbonyl (C=O) groups excluding carboxylic acids is 16. The van der Waals surface area contributed by atoms with Gasteiger partial charge in [-0.25, -0.2) is 29.3 Å². The predicted molar refractivity (Wildman–Crippen MR) is 383 cm³/mol. The van der Waals surface area contributed by atoms with Crippen molar-refractivity contribution in [3.05, 3.63) is 54.7 Å². The fourth-order valence-electron chi connectivity index (χ4n) is 9.58. The number of guanidine groups is 1. The number of primary amides is 3. The Kier molecular flexibility index (Phi) is 40.6. The fraction of sp³-hybridized carbons (Fsp3) is 0.525. The minimum atomic E-state index is -2.04. The maximum absolute atomic E-state index is 14.3. The first-order valence-electron chi connectivity index (χ1n) is 33.2. The molecule has 32 N–H and O–H groups in total. The Balaban J connectivity index is 1.80. The van der Waals surface area contributed by atoms with Crippen LogP contribution in [0.5, 0.6) is 0 Å². The molecule has 0 aliphatic carbocycles. The van der Waals surface area contributed by atoms with E-state index in [4.69, 9.17) is 34.1 Å². The normalized spacial score (nSPS) is 13.5. The van der Waals surface area contributed by atoms with Crippen molar-refractivity contribution in [2.45, 2.75) is 137 Å². The summed E-state index contributed by atoms with van der Waals surface area (Å²) >= 11 is 8.24. The highest BCUT2D eigenvalue weighted by molar-refractivity contribution is 7.80. The van der Waals surface area contributed by atoms with Crippen LogP contribution in [0.4, 0.5) is 9.59 Å². The molecule has 0 saturated heterocycles. The number of H-pyrrole nitrogens is 3. The molecule has 3 aromatic heterocycles. The second-order valence-corrected chi connectivity index (χ2v) is 24.5. The van der Waals surface area contributed by atoms with Crippen LogP contribution < -0.4 is 114 Å². The van der Waals surface area contributed by atoms with Crippen LogP contribution in [0.15, 0.2) is 37.6 Å². The molecule has 3 rings (SSSR count). The van der Waals surface area contributed by atoms with Gasteiger partial charge in [0.25, 0.3) is 0 Å². The Bertz CT molecular complexity index is 3610. The summed E-state index contributed by atoms with van der Waals surface area (Å²) in [4.78, 5) is 255. The summed E-state index contributed by atoms with van der Waals surface area (Å²) in [6.45, 7) is -3.63. The van der Waals surface area contributed by atoms with Gasteiger partial charge in [0, 0.05) is 92.5 Å². The highest BCUT2D eigenvalue weighted by Gasteiger charge is 2.35. The average Bonchev–Trinajstić information content (AvgIpc) is 1.37. The van der Waals surface area contributed by atoms with Gasteiger partial charge in [-0.15, -0.1) is 0 Å². The Labute approximate surface area is 630 Å². The molecule has 0 aromatic carbocycles. The molecule has 0 aliphatic rings. The summed E-state index contributed by atoms with van der Waals surface area (Å²) in [6, 6.07) is -17.7. The van der Waals surface area contributed by atoms with E-state index in [9.17, 15) is 96.5 Å². The van der Waals surface area contributed by atoms with E-state index >= 15 is 0 Å². The van der Waals surface area contributed by atoms with Crippen molar-refractivity contribution >= 4 is 138 Å². The summed E-state index contributed by atoms with van der Waals surface area (Å²) in [6.07, 6.45) is 4.46. The van der Waals surface area contributed by atoms with Gasteiger partial charge in [-0.3, -0.25) is 77.3 Å². The van der Waals surface area contributed by atoms with E-state index in [-0.39, 0.29) is 89.5 Å². The molecule has 48 nitrogen and oxygen atoms in total. The van der Waals surface area contributed by atoms with Gasteiger partial charge in [-0.05, 0) is 44.9 Å². The molecule has 0 aliphatic heterocycles. The Morgan fingerprint density at radius 1 is 0.394 bits per heavy atom. The third-order valence-electron chi connectivity index (χ3n) is 15.1. The van der Waals surface area contributed by atoms with Gasteiger partial charge >= 0.3 is 24.0 Å². The zero-order chi connectivity index (χ0) is 81.1. The second kappa shape index (κ2) is 48.7. The molecule has 600 valence electrons. The summed E-state index contributed by atoms with van der Waals surface area (Å²) in [5, 5.41) is 64.2. The van der Waals surface area contributed by atoms with Gasteiger partial charge in [0.15, 0.2) is 5.96 Å². The lowest BCUT2D eigenvalue weighted by Crippen LogP contribution is -2.59. The number of amides is 18. The van der Waals surface area contributed by atoms with Crippen LogP contribution in [0.1, 0.15) is 74.9 Å². The van der Waals surface area contributed by atoms with Crippen LogP contribution in [-0.4, -0.2) is 271 Å². The number of nitrogens with two attached hydrogens (primary N) is 5. The third kappa shape index (κ3) is 36.9. The van der Waals surface area contributed by atoms with Crippen molar-refractivity contribution in [3.8, 4) is 0 Å². The molecule has 0 fully saturated rings. The predicted octanol–water partition coefficient (Wildman–Crippen LogP) is -12.1. The topological polar surface area (TPSA) is 780 Å². The number of carboxylic acids is 2. The highest BCUT2D eigenvalue weighted by Crippen LogP contribution is 2.09. The van der Waals surface area contributed by atoms with E-state index in [1.54, 1.807) is 0 Å². The van der Waals surface area contributed by atoms with E-state index < -0.39 is 224 Å². The standard InChI is InChI=1S/C59H92N28O20S2/c60-31(12-28-16-66-25-76-28)47(95)72-19-43(90)80-36(13-29-17-67-26-77-29)49(97)74-22-45(92)82-40(24-109)55(103)86-38(15-46(93)94)54(102)85-33(6-3-11-71-59(65)107)51(99)83-32(4-2-10-70-58(64)106)48(96)73-21-44(91)81-37(14-30-18-68-27-78-30)53(101)84-34(5-1-9-69-57(62)63)52(100)87-39(23-108)50(98)75-20-42(89)79-35(56(104)105)7-8-41(61)88/h16-18,25-27,31-40,108-109H,1-15,19-24,60H2,(H2,61,88)(H,66,76)(H,67,77)(H,68,78)(H,72,95)(H,73,96)(H,74,97)(H,75,98)(H,79,89)(H,80,90)(H,81,91)(H,82,92)(H,83,99)(H,84,101)(H,85,102)(H,86,103)(H,87,100)(H,93,94)(H,104,105)(H4,62,63,69)(H3,64,70,106)(H3,65,71,107)/t31-,32-,33-,34-,35-,36-,37-,38-,39-,40-/m0/s1.